The van der Waals surface area contributed by atoms with Crippen LogP contribution in [0.2, 0.25) is 0 Å². The van der Waals surface area contributed by atoms with Crippen LogP contribution in [0.1, 0.15) is 42.2 Å². The number of carbonyl (C=O) groups is 1. The summed E-state index contributed by atoms with van der Waals surface area (Å²) in [6.07, 6.45) is 1.28. The van der Waals surface area contributed by atoms with Gasteiger partial charge in [-0.25, -0.2) is 13.6 Å². The zero-order valence-corrected chi connectivity index (χ0v) is 13.0. The number of halogens is 2. The molecule has 6 heteroatoms. The lowest BCUT2D eigenvalue weighted by atomic mass is 10.1. The molecular formula is C14H19F2NO2S. The molecule has 1 aromatic rings. The fourth-order valence-electron chi connectivity index (χ4n) is 1.17. The van der Waals surface area contributed by atoms with Gasteiger partial charge in [0.25, 0.3) is 5.92 Å². The summed E-state index contributed by atoms with van der Waals surface area (Å²) in [4.78, 5) is 15.4. The molecule has 0 aliphatic carbocycles. The maximum atomic E-state index is 13.0. The van der Waals surface area contributed by atoms with Crippen LogP contribution in [0.5, 0.6) is 0 Å². The van der Waals surface area contributed by atoms with Crippen molar-refractivity contribution in [3.63, 3.8) is 0 Å². The van der Waals surface area contributed by atoms with Gasteiger partial charge in [0.2, 0.25) is 0 Å². The molecule has 0 amide bonds. The van der Waals surface area contributed by atoms with Crippen molar-refractivity contribution in [3.05, 3.63) is 33.5 Å². The van der Waals surface area contributed by atoms with E-state index in [1.807, 2.05) is 13.8 Å². The van der Waals surface area contributed by atoms with Gasteiger partial charge >= 0.3 is 5.97 Å². The Kier molecular flexibility index (Phi) is 7.28. The molecule has 0 saturated carbocycles. The van der Waals surface area contributed by atoms with E-state index in [9.17, 15) is 13.6 Å². The first-order valence-electron chi connectivity index (χ1n) is 6.12. The monoisotopic (exact) mass is 303 g/mol. The van der Waals surface area contributed by atoms with Crippen LogP contribution in [0.4, 0.5) is 8.78 Å². The summed E-state index contributed by atoms with van der Waals surface area (Å²) in [7, 11) is 1.48. The minimum absolute atomic E-state index is 0.117. The van der Waals surface area contributed by atoms with Crippen molar-refractivity contribution in [2.24, 2.45) is 4.99 Å². The van der Waals surface area contributed by atoms with Crippen LogP contribution in [0.25, 0.3) is 0 Å². The molecule has 0 radical (unpaired) electrons. The van der Waals surface area contributed by atoms with E-state index >= 15 is 0 Å². The largest absolute Gasteiger partial charge is 0.477 e. The lowest BCUT2D eigenvalue weighted by Gasteiger charge is -2.10. The van der Waals surface area contributed by atoms with Gasteiger partial charge in [0, 0.05) is 14.0 Å². The maximum absolute atomic E-state index is 13.0. The van der Waals surface area contributed by atoms with Crippen LogP contribution in [0.15, 0.2) is 28.8 Å². The number of aromatic carboxylic acids is 1. The highest BCUT2D eigenvalue weighted by Gasteiger charge is 2.24. The molecule has 3 nitrogen and oxygen atoms in total. The van der Waals surface area contributed by atoms with Crippen LogP contribution in [-0.2, 0) is 0 Å². The summed E-state index contributed by atoms with van der Waals surface area (Å²) in [5, 5.41) is 8.80. The van der Waals surface area contributed by atoms with E-state index in [0.29, 0.717) is 10.6 Å². The third-order valence-corrected chi connectivity index (χ3v) is 3.45. The number of carboxylic acid groups (broad SMARTS) is 1. The van der Waals surface area contributed by atoms with E-state index in [-0.39, 0.29) is 10.5 Å². The highest BCUT2D eigenvalue weighted by Crippen LogP contribution is 2.24. The summed E-state index contributed by atoms with van der Waals surface area (Å²) in [5.41, 5.74) is 0.236. The van der Waals surface area contributed by atoms with Gasteiger partial charge in [0.15, 0.2) is 0 Å². The number of carboxylic acids is 1. The Morgan fingerprint density at radius 3 is 2.20 bits per heavy atom. The lowest BCUT2D eigenvalue weighted by Crippen LogP contribution is -2.12. The smallest absolute Gasteiger partial charge is 0.345 e. The average molecular weight is 303 g/mol. The van der Waals surface area contributed by atoms with E-state index < -0.39 is 11.9 Å². The number of aliphatic imine (C=N–C) groups is 1. The van der Waals surface area contributed by atoms with Crippen molar-refractivity contribution in [3.8, 4) is 0 Å². The Morgan fingerprint density at radius 1 is 1.35 bits per heavy atom. The van der Waals surface area contributed by atoms with Crippen LogP contribution in [0.3, 0.4) is 0 Å². The Morgan fingerprint density at radius 2 is 1.85 bits per heavy atom. The van der Waals surface area contributed by atoms with Gasteiger partial charge in [-0.3, -0.25) is 4.99 Å². The normalized spacial score (nSPS) is 12.8. The second-order valence-electron chi connectivity index (χ2n) is 3.79. The predicted octanol–water partition coefficient (Wildman–Crippen LogP) is 4.49. The van der Waals surface area contributed by atoms with E-state index in [1.165, 1.54) is 26.1 Å². The molecule has 112 valence electrons. The Balaban J connectivity index is 0.00000172. The highest BCUT2D eigenvalue weighted by atomic mass is 32.1. The Hall–Kier alpha value is -1.56. The summed E-state index contributed by atoms with van der Waals surface area (Å²) in [6, 6.07) is 2.99. The van der Waals surface area contributed by atoms with Crippen LogP contribution >= 0.6 is 11.3 Å². The van der Waals surface area contributed by atoms with Gasteiger partial charge in [0.1, 0.15) is 4.88 Å². The van der Waals surface area contributed by atoms with Crippen LogP contribution < -0.4 is 0 Å². The average Bonchev–Trinajstić information content (AvgIpc) is 2.86. The molecular weight excluding hydrogens is 284 g/mol. The van der Waals surface area contributed by atoms with E-state index in [4.69, 9.17) is 5.11 Å². The topological polar surface area (TPSA) is 49.7 Å². The molecule has 0 aromatic carbocycles. The molecule has 1 aromatic heterocycles. The molecule has 0 fully saturated rings. The molecule has 0 saturated heterocycles. The van der Waals surface area contributed by atoms with Gasteiger partial charge < -0.3 is 5.11 Å². The zero-order valence-electron chi connectivity index (χ0n) is 12.2. The summed E-state index contributed by atoms with van der Waals surface area (Å²) >= 11 is 1.01. The molecule has 0 atom stereocenters. The highest BCUT2D eigenvalue weighted by molar-refractivity contribution is 7.16. The second-order valence-corrected chi connectivity index (χ2v) is 4.88. The number of hydrogen-bond donors (Lipinski definition) is 1. The summed E-state index contributed by atoms with van der Waals surface area (Å²) in [5.74, 6) is -3.95. The van der Waals surface area contributed by atoms with Crippen molar-refractivity contribution in [2.75, 3.05) is 7.05 Å². The number of hydrogen-bond acceptors (Lipinski definition) is 3. The molecule has 0 spiro atoms. The van der Waals surface area contributed by atoms with Crippen molar-refractivity contribution in [1.82, 2.24) is 0 Å². The first kappa shape index (κ1) is 18.4. The molecule has 0 aliphatic rings. The maximum Gasteiger partial charge on any atom is 0.345 e. The Labute approximate surface area is 121 Å². The zero-order chi connectivity index (χ0) is 15.9. The van der Waals surface area contributed by atoms with Crippen molar-refractivity contribution < 1.29 is 18.7 Å². The second kappa shape index (κ2) is 7.89. The number of allylic oxidation sites excluding steroid dienone is 2. The number of nitrogens with zero attached hydrogens (tertiary/aromatic N) is 1. The SMILES string of the molecule is CC.CN=C(/C=C(\C)C(C)(F)F)c1ccc(C(=O)O)s1. The Bertz CT molecular complexity index is 513. The molecule has 0 bridgehead atoms. The fourth-order valence-corrected chi connectivity index (χ4v) is 2.02. The third-order valence-electron chi connectivity index (χ3n) is 2.36. The molecule has 1 N–H and O–H groups in total. The van der Waals surface area contributed by atoms with Crippen molar-refractivity contribution in [2.45, 2.75) is 33.6 Å². The molecule has 1 heterocycles. The van der Waals surface area contributed by atoms with Crippen molar-refractivity contribution >= 4 is 23.0 Å². The van der Waals surface area contributed by atoms with Crippen LogP contribution in [-0.4, -0.2) is 29.8 Å². The molecule has 20 heavy (non-hydrogen) atoms. The molecule has 1 rings (SSSR count). The number of thiophene rings is 1. The third kappa shape index (κ3) is 5.21. The minimum Gasteiger partial charge on any atom is -0.477 e. The van der Waals surface area contributed by atoms with Gasteiger partial charge in [-0.1, -0.05) is 13.8 Å². The molecule has 0 aliphatic heterocycles. The quantitative estimate of drug-likeness (QED) is 0.833. The standard InChI is InChI=1S/C12H13F2NO2S.C2H6/c1-7(12(2,13)14)6-8(15-3)9-4-5-10(18-9)11(16)17;1-2/h4-6H,1-3H3,(H,16,17);1-2H3/b7-6+,15-8?;. The fraction of sp³-hybridized carbons (Fsp3) is 0.429. The summed E-state index contributed by atoms with van der Waals surface area (Å²) in [6.45, 7) is 6.13. The van der Waals surface area contributed by atoms with Crippen molar-refractivity contribution in [1.29, 1.82) is 0 Å². The van der Waals surface area contributed by atoms with Gasteiger partial charge in [-0.2, -0.15) is 0 Å². The first-order valence-corrected chi connectivity index (χ1v) is 6.94. The lowest BCUT2D eigenvalue weighted by molar-refractivity contribution is 0.0636. The number of rotatable bonds is 4. The van der Waals surface area contributed by atoms with Crippen LogP contribution in [0, 0.1) is 0 Å². The number of alkyl halides is 2. The van der Waals surface area contributed by atoms with E-state index in [2.05, 4.69) is 4.99 Å². The van der Waals surface area contributed by atoms with Gasteiger partial charge in [-0.05, 0) is 30.7 Å². The molecule has 0 unspecified atom stereocenters. The van der Waals surface area contributed by atoms with E-state index in [1.54, 1.807) is 6.07 Å². The first-order chi connectivity index (χ1) is 9.25. The predicted molar refractivity (Wildman–Crippen MR) is 79.5 cm³/mol. The van der Waals surface area contributed by atoms with Gasteiger partial charge in [-0.15, -0.1) is 11.3 Å². The minimum atomic E-state index is -2.91. The van der Waals surface area contributed by atoms with E-state index in [0.717, 1.165) is 18.3 Å². The van der Waals surface area contributed by atoms with Gasteiger partial charge in [0.05, 0.1) is 10.6 Å². The summed E-state index contributed by atoms with van der Waals surface area (Å²) < 4.78 is 26.1.